The van der Waals surface area contributed by atoms with Crippen LogP contribution < -0.4 is 10.2 Å². The Labute approximate surface area is 136 Å². The maximum absolute atomic E-state index is 13.3. The van der Waals surface area contributed by atoms with Gasteiger partial charge in [-0.25, -0.2) is 4.39 Å². The first-order valence-corrected chi connectivity index (χ1v) is 7.93. The van der Waals surface area contributed by atoms with Gasteiger partial charge in [0.1, 0.15) is 5.82 Å². The lowest BCUT2D eigenvalue weighted by molar-refractivity contribution is 0.0949. The van der Waals surface area contributed by atoms with E-state index in [0.717, 1.165) is 23.4 Å². The lowest BCUT2D eigenvalue weighted by Gasteiger charge is -2.18. The topological polar surface area (TPSA) is 32.3 Å². The minimum Gasteiger partial charge on any atom is -0.363 e. The van der Waals surface area contributed by atoms with Crippen molar-refractivity contribution >= 4 is 11.6 Å². The van der Waals surface area contributed by atoms with E-state index >= 15 is 0 Å². The summed E-state index contributed by atoms with van der Waals surface area (Å²) in [6.07, 6.45) is 0. The van der Waals surface area contributed by atoms with Crippen molar-refractivity contribution in [3.05, 3.63) is 65.0 Å². The van der Waals surface area contributed by atoms with Gasteiger partial charge in [-0.15, -0.1) is 0 Å². The number of hydrogen-bond donors (Lipinski definition) is 1. The molecule has 0 saturated carbocycles. The molecule has 3 nitrogen and oxygen atoms in total. The van der Waals surface area contributed by atoms with Gasteiger partial charge in [0, 0.05) is 30.9 Å². The van der Waals surface area contributed by atoms with Crippen molar-refractivity contribution in [1.29, 1.82) is 0 Å². The molecule has 0 radical (unpaired) electrons. The van der Waals surface area contributed by atoms with Crippen molar-refractivity contribution in [1.82, 2.24) is 5.32 Å². The molecule has 1 heterocycles. The quantitative estimate of drug-likeness (QED) is 0.933. The van der Waals surface area contributed by atoms with Gasteiger partial charge in [0.25, 0.3) is 5.91 Å². The fraction of sp³-hybridized carbons (Fsp3) is 0.316. The standard InChI is InChI=1S/C19H21FN2O/c1-13(2)10-21-19(23)14-4-7-18(8-5-14)22-11-15-3-6-17(20)9-16(15)12-22/h3-9,13H,10-12H2,1-2H3,(H,21,23). The summed E-state index contributed by atoms with van der Waals surface area (Å²) >= 11 is 0. The number of nitrogens with zero attached hydrogens (tertiary/aromatic N) is 1. The molecule has 1 aliphatic rings. The number of nitrogens with one attached hydrogen (secondary N) is 1. The molecular weight excluding hydrogens is 291 g/mol. The average Bonchev–Trinajstić information content (AvgIpc) is 2.95. The van der Waals surface area contributed by atoms with Gasteiger partial charge in [0.05, 0.1) is 0 Å². The summed E-state index contributed by atoms with van der Waals surface area (Å²) in [6.45, 7) is 6.28. The molecule has 0 bridgehead atoms. The van der Waals surface area contributed by atoms with Crippen LogP contribution in [0.15, 0.2) is 42.5 Å². The number of amides is 1. The molecule has 0 fully saturated rings. The van der Waals surface area contributed by atoms with Crippen LogP contribution in [0.25, 0.3) is 0 Å². The molecule has 0 aromatic heterocycles. The second-order valence-corrected chi connectivity index (χ2v) is 6.42. The summed E-state index contributed by atoms with van der Waals surface area (Å²) in [6, 6.07) is 12.5. The van der Waals surface area contributed by atoms with Crippen LogP contribution in [0.1, 0.15) is 35.3 Å². The Morgan fingerprint density at radius 3 is 2.52 bits per heavy atom. The van der Waals surface area contributed by atoms with E-state index < -0.39 is 0 Å². The number of carbonyl (C=O) groups is 1. The minimum atomic E-state index is -0.192. The molecule has 0 saturated heterocycles. The highest BCUT2D eigenvalue weighted by molar-refractivity contribution is 5.94. The fourth-order valence-electron chi connectivity index (χ4n) is 2.77. The van der Waals surface area contributed by atoms with Gasteiger partial charge in [-0.1, -0.05) is 19.9 Å². The summed E-state index contributed by atoms with van der Waals surface area (Å²) in [5, 5.41) is 2.91. The molecule has 3 rings (SSSR count). The van der Waals surface area contributed by atoms with E-state index in [-0.39, 0.29) is 11.7 Å². The maximum atomic E-state index is 13.3. The van der Waals surface area contributed by atoms with E-state index in [1.807, 2.05) is 30.3 Å². The predicted octanol–water partition coefficient (Wildman–Crippen LogP) is 3.73. The molecule has 4 heteroatoms. The Bertz CT molecular complexity index is 710. The van der Waals surface area contributed by atoms with E-state index in [0.29, 0.717) is 24.6 Å². The van der Waals surface area contributed by atoms with Crippen LogP contribution >= 0.6 is 0 Å². The van der Waals surface area contributed by atoms with Crippen LogP contribution in [0.2, 0.25) is 0 Å². The highest BCUT2D eigenvalue weighted by Gasteiger charge is 2.19. The first-order valence-electron chi connectivity index (χ1n) is 7.93. The molecule has 0 spiro atoms. The highest BCUT2D eigenvalue weighted by Crippen LogP contribution is 2.28. The summed E-state index contributed by atoms with van der Waals surface area (Å²) in [7, 11) is 0. The predicted molar refractivity (Wildman–Crippen MR) is 89.9 cm³/mol. The molecule has 23 heavy (non-hydrogen) atoms. The van der Waals surface area contributed by atoms with Gasteiger partial charge in [-0.2, -0.15) is 0 Å². The van der Waals surface area contributed by atoms with E-state index in [9.17, 15) is 9.18 Å². The van der Waals surface area contributed by atoms with E-state index in [4.69, 9.17) is 0 Å². The number of benzene rings is 2. The average molecular weight is 312 g/mol. The molecule has 0 unspecified atom stereocenters. The molecule has 2 aromatic carbocycles. The third-order valence-corrected chi connectivity index (χ3v) is 4.06. The number of carbonyl (C=O) groups excluding carboxylic acids is 1. The van der Waals surface area contributed by atoms with Crippen LogP contribution in [0, 0.1) is 11.7 Å². The van der Waals surface area contributed by atoms with E-state index in [1.165, 1.54) is 6.07 Å². The lowest BCUT2D eigenvalue weighted by atomic mass is 10.1. The number of anilines is 1. The van der Waals surface area contributed by atoms with Crippen molar-refractivity contribution in [2.45, 2.75) is 26.9 Å². The second kappa shape index (κ2) is 6.41. The van der Waals surface area contributed by atoms with Gasteiger partial charge >= 0.3 is 0 Å². The van der Waals surface area contributed by atoms with Crippen LogP contribution in [-0.2, 0) is 13.1 Å². The molecule has 1 aliphatic heterocycles. The smallest absolute Gasteiger partial charge is 0.251 e. The van der Waals surface area contributed by atoms with Gasteiger partial charge in [-0.05, 0) is 53.4 Å². The largest absolute Gasteiger partial charge is 0.363 e. The molecule has 1 N–H and O–H groups in total. The molecule has 120 valence electrons. The van der Waals surface area contributed by atoms with E-state index in [1.54, 1.807) is 6.07 Å². The van der Waals surface area contributed by atoms with Crippen molar-refractivity contribution < 1.29 is 9.18 Å². The maximum Gasteiger partial charge on any atom is 0.251 e. The zero-order chi connectivity index (χ0) is 16.4. The summed E-state index contributed by atoms with van der Waals surface area (Å²) < 4.78 is 13.3. The Morgan fingerprint density at radius 1 is 1.13 bits per heavy atom. The zero-order valence-corrected chi connectivity index (χ0v) is 13.5. The minimum absolute atomic E-state index is 0.0444. The van der Waals surface area contributed by atoms with Crippen LogP contribution in [0.4, 0.5) is 10.1 Å². The summed E-state index contributed by atoms with van der Waals surface area (Å²) in [5.74, 6) is 0.196. The first-order chi connectivity index (χ1) is 11.0. The van der Waals surface area contributed by atoms with Crippen LogP contribution in [-0.4, -0.2) is 12.5 Å². The fourth-order valence-corrected chi connectivity index (χ4v) is 2.77. The molecule has 1 amide bonds. The number of fused-ring (bicyclic) bond motifs is 1. The van der Waals surface area contributed by atoms with Crippen molar-refractivity contribution in [3.63, 3.8) is 0 Å². The number of halogens is 1. The monoisotopic (exact) mass is 312 g/mol. The molecule has 2 aromatic rings. The van der Waals surface area contributed by atoms with Gasteiger partial charge in [0.2, 0.25) is 0 Å². The Morgan fingerprint density at radius 2 is 1.83 bits per heavy atom. The first kappa shape index (κ1) is 15.5. The van der Waals surface area contributed by atoms with Gasteiger partial charge < -0.3 is 10.2 Å². The third kappa shape index (κ3) is 3.52. The number of rotatable bonds is 4. The van der Waals surface area contributed by atoms with Crippen molar-refractivity contribution in [2.75, 3.05) is 11.4 Å². The molecular formula is C19H21FN2O. The van der Waals surface area contributed by atoms with E-state index in [2.05, 4.69) is 24.1 Å². The van der Waals surface area contributed by atoms with Gasteiger partial charge in [-0.3, -0.25) is 4.79 Å². The summed E-state index contributed by atoms with van der Waals surface area (Å²) in [4.78, 5) is 14.2. The second-order valence-electron chi connectivity index (χ2n) is 6.42. The Hall–Kier alpha value is -2.36. The Balaban J connectivity index is 1.68. The Kier molecular flexibility index (Phi) is 4.33. The zero-order valence-electron chi connectivity index (χ0n) is 13.5. The SMILES string of the molecule is CC(C)CNC(=O)c1ccc(N2Cc3ccc(F)cc3C2)cc1. The van der Waals surface area contributed by atoms with Crippen LogP contribution in [0.3, 0.4) is 0 Å². The lowest BCUT2D eigenvalue weighted by Crippen LogP contribution is -2.27. The molecule has 0 aliphatic carbocycles. The third-order valence-electron chi connectivity index (χ3n) is 4.06. The highest BCUT2D eigenvalue weighted by atomic mass is 19.1. The van der Waals surface area contributed by atoms with Crippen LogP contribution in [0.5, 0.6) is 0 Å². The number of hydrogen-bond acceptors (Lipinski definition) is 2. The normalized spacial score (nSPS) is 13.3. The van der Waals surface area contributed by atoms with Crippen molar-refractivity contribution in [3.8, 4) is 0 Å². The van der Waals surface area contributed by atoms with Gasteiger partial charge in [0.15, 0.2) is 0 Å². The molecule has 0 atom stereocenters. The summed E-state index contributed by atoms with van der Waals surface area (Å²) in [5.41, 5.74) is 3.90. The van der Waals surface area contributed by atoms with Crippen molar-refractivity contribution in [2.24, 2.45) is 5.92 Å².